The highest BCUT2D eigenvalue weighted by Gasteiger charge is 2.09. The quantitative estimate of drug-likeness (QED) is 0.732. The molecule has 0 spiro atoms. The molecule has 0 atom stereocenters. The highest BCUT2D eigenvalue weighted by Crippen LogP contribution is 2.33. The molecule has 4 N–H and O–H groups in total. The first-order valence-electron chi connectivity index (χ1n) is 6.17. The van der Waals surface area contributed by atoms with E-state index in [1.165, 1.54) is 12.1 Å². The summed E-state index contributed by atoms with van der Waals surface area (Å²) in [6.45, 7) is 0. The van der Waals surface area contributed by atoms with Gasteiger partial charge in [-0.1, -0.05) is 0 Å². The fraction of sp³-hybridized carbons (Fsp3) is 0.133. The van der Waals surface area contributed by atoms with Crippen molar-refractivity contribution in [3.63, 3.8) is 0 Å². The van der Waals surface area contributed by atoms with Gasteiger partial charge in [0.1, 0.15) is 11.5 Å². The van der Waals surface area contributed by atoms with Crippen LogP contribution in [-0.4, -0.2) is 25.3 Å². The van der Waals surface area contributed by atoms with Crippen molar-refractivity contribution in [3.05, 3.63) is 42.0 Å². The maximum absolute atomic E-state index is 10.9. The molecule has 0 fully saturated rings. The van der Waals surface area contributed by atoms with Crippen LogP contribution < -0.4 is 20.5 Å². The maximum atomic E-state index is 10.9. The summed E-state index contributed by atoms with van der Waals surface area (Å²) < 4.78 is 10.4. The summed E-state index contributed by atoms with van der Waals surface area (Å²) in [6, 6.07) is 9.82. The fourth-order valence-corrected chi connectivity index (χ4v) is 1.86. The maximum Gasteiger partial charge on any atom is 0.335 e. The highest BCUT2D eigenvalue weighted by molar-refractivity contribution is 5.91. The number of benzene rings is 2. The van der Waals surface area contributed by atoms with Gasteiger partial charge in [-0.15, -0.1) is 0 Å². The molecular formula is C15H16N2O4. The number of carboxylic acids is 1. The summed E-state index contributed by atoms with van der Waals surface area (Å²) >= 11 is 0. The summed E-state index contributed by atoms with van der Waals surface area (Å²) in [7, 11) is 3.13. The number of hydrogen-bond acceptors (Lipinski definition) is 5. The number of methoxy groups -OCH3 is 2. The fourth-order valence-electron chi connectivity index (χ4n) is 1.86. The van der Waals surface area contributed by atoms with E-state index in [1.54, 1.807) is 38.5 Å². The van der Waals surface area contributed by atoms with Crippen molar-refractivity contribution < 1.29 is 19.4 Å². The van der Waals surface area contributed by atoms with Crippen LogP contribution in [0.3, 0.4) is 0 Å². The number of nitrogens with one attached hydrogen (secondary N) is 1. The highest BCUT2D eigenvalue weighted by atomic mass is 16.5. The molecule has 0 aliphatic heterocycles. The first kappa shape index (κ1) is 14.5. The van der Waals surface area contributed by atoms with Crippen LogP contribution in [0.2, 0.25) is 0 Å². The Morgan fingerprint density at radius 1 is 1.10 bits per heavy atom. The molecule has 2 rings (SSSR count). The topological polar surface area (TPSA) is 93.8 Å². The molecule has 0 saturated carbocycles. The van der Waals surface area contributed by atoms with E-state index in [0.29, 0.717) is 28.6 Å². The summed E-state index contributed by atoms with van der Waals surface area (Å²) in [5.41, 5.74) is 7.64. The van der Waals surface area contributed by atoms with Gasteiger partial charge in [-0.25, -0.2) is 4.79 Å². The number of carbonyl (C=O) groups is 1. The zero-order valence-corrected chi connectivity index (χ0v) is 11.7. The van der Waals surface area contributed by atoms with Crippen molar-refractivity contribution in [1.82, 2.24) is 0 Å². The Morgan fingerprint density at radius 2 is 1.81 bits per heavy atom. The number of aromatic carboxylic acids is 1. The van der Waals surface area contributed by atoms with Crippen LogP contribution in [0.5, 0.6) is 11.5 Å². The standard InChI is InChI=1S/C15H16N2O4/c1-20-10-4-6-13(14(8-10)21-2)17-12-5-3-9(15(18)19)7-11(12)16/h3-8,17H,16H2,1-2H3,(H,18,19). The van der Waals surface area contributed by atoms with E-state index in [9.17, 15) is 4.79 Å². The van der Waals surface area contributed by atoms with Gasteiger partial charge in [0, 0.05) is 6.07 Å². The molecule has 0 amide bonds. The molecule has 0 aliphatic rings. The molecule has 0 aliphatic carbocycles. The van der Waals surface area contributed by atoms with Crippen LogP contribution in [0.4, 0.5) is 17.1 Å². The monoisotopic (exact) mass is 288 g/mol. The lowest BCUT2D eigenvalue weighted by Gasteiger charge is -2.14. The Morgan fingerprint density at radius 3 is 2.38 bits per heavy atom. The zero-order valence-electron chi connectivity index (χ0n) is 11.7. The molecule has 0 heterocycles. The third-order valence-electron chi connectivity index (χ3n) is 2.98. The minimum absolute atomic E-state index is 0.139. The van der Waals surface area contributed by atoms with Crippen molar-refractivity contribution in [3.8, 4) is 11.5 Å². The summed E-state index contributed by atoms with van der Waals surface area (Å²) in [4.78, 5) is 10.9. The second-order valence-electron chi connectivity index (χ2n) is 4.30. The molecule has 0 radical (unpaired) electrons. The molecule has 0 aromatic heterocycles. The van der Waals surface area contributed by atoms with Gasteiger partial charge in [-0.2, -0.15) is 0 Å². The van der Waals surface area contributed by atoms with E-state index in [2.05, 4.69) is 5.32 Å². The molecule has 0 unspecified atom stereocenters. The number of rotatable bonds is 5. The first-order chi connectivity index (χ1) is 10.0. The van der Waals surface area contributed by atoms with Crippen LogP contribution in [0, 0.1) is 0 Å². The average Bonchev–Trinajstić information content (AvgIpc) is 2.49. The summed E-state index contributed by atoms with van der Waals surface area (Å²) in [6.07, 6.45) is 0. The van der Waals surface area contributed by atoms with Crippen molar-refractivity contribution in [2.75, 3.05) is 25.3 Å². The molecule has 0 saturated heterocycles. The number of nitrogens with two attached hydrogens (primary N) is 1. The predicted molar refractivity (Wildman–Crippen MR) is 80.6 cm³/mol. The molecule has 2 aromatic carbocycles. The predicted octanol–water partition coefficient (Wildman–Crippen LogP) is 2.73. The van der Waals surface area contributed by atoms with Crippen LogP contribution in [0.25, 0.3) is 0 Å². The third kappa shape index (κ3) is 3.17. The van der Waals surface area contributed by atoms with E-state index in [-0.39, 0.29) is 5.56 Å². The van der Waals surface area contributed by atoms with Crippen molar-refractivity contribution in [1.29, 1.82) is 0 Å². The minimum Gasteiger partial charge on any atom is -0.497 e. The lowest BCUT2D eigenvalue weighted by molar-refractivity contribution is 0.0697. The Bertz CT molecular complexity index is 671. The van der Waals surface area contributed by atoms with Gasteiger partial charge in [0.25, 0.3) is 0 Å². The van der Waals surface area contributed by atoms with Gasteiger partial charge < -0.3 is 25.6 Å². The second kappa shape index (κ2) is 6.04. The normalized spacial score (nSPS) is 10.0. The van der Waals surface area contributed by atoms with E-state index < -0.39 is 5.97 Å². The Hall–Kier alpha value is -2.89. The van der Waals surface area contributed by atoms with Crippen LogP contribution >= 0.6 is 0 Å². The molecule has 110 valence electrons. The lowest BCUT2D eigenvalue weighted by atomic mass is 10.1. The van der Waals surface area contributed by atoms with Crippen molar-refractivity contribution in [2.45, 2.75) is 0 Å². The number of ether oxygens (including phenoxy) is 2. The molecule has 2 aromatic rings. The van der Waals surface area contributed by atoms with Gasteiger partial charge in [0.2, 0.25) is 0 Å². The SMILES string of the molecule is COc1ccc(Nc2ccc(C(=O)O)cc2N)c(OC)c1. The van der Waals surface area contributed by atoms with Crippen LogP contribution in [-0.2, 0) is 0 Å². The molecular weight excluding hydrogens is 272 g/mol. The zero-order chi connectivity index (χ0) is 15.4. The second-order valence-corrected chi connectivity index (χ2v) is 4.30. The number of nitrogen functional groups attached to an aromatic ring is 1. The van der Waals surface area contributed by atoms with Gasteiger partial charge in [0.15, 0.2) is 0 Å². The average molecular weight is 288 g/mol. The smallest absolute Gasteiger partial charge is 0.335 e. The van der Waals surface area contributed by atoms with Crippen molar-refractivity contribution in [2.24, 2.45) is 0 Å². The largest absolute Gasteiger partial charge is 0.497 e. The van der Waals surface area contributed by atoms with Gasteiger partial charge in [0.05, 0.1) is 36.8 Å². The third-order valence-corrected chi connectivity index (χ3v) is 2.98. The van der Waals surface area contributed by atoms with E-state index >= 15 is 0 Å². The summed E-state index contributed by atoms with van der Waals surface area (Å²) in [5.74, 6) is 0.248. The number of hydrogen-bond donors (Lipinski definition) is 3. The first-order valence-corrected chi connectivity index (χ1v) is 6.17. The molecule has 0 bridgehead atoms. The van der Waals surface area contributed by atoms with Crippen molar-refractivity contribution >= 4 is 23.0 Å². The Kier molecular flexibility index (Phi) is 4.18. The number of carboxylic acid groups (broad SMARTS) is 1. The van der Waals surface area contributed by atoms with Gasteiger partial charge >= 0.3 is 5.97 Å². The van der Waals surface area contributed by atoms with E-state index in [0.717, 1.165) is 0 Å². The Labute approximate surface area is 122 Å². The van der Waals surface area contributed by atoms with E-state index in [1.807, 2.05) is 0 Å². The van der Waals surface area contributed by atoms with E-state index in [4.69, 9.17) is 20.3 Å². The molecule has 6 heteroatoms. The summed E-state index contributed by atoms with van der Waals surface area (Å²) in [5, 5.41) is 12.0. The van der Waals surface area contributed by atoms with Gasteiger partial charge in [-0.3, -0.25) is 0 Å². The van der Waals surface area contributed by atoms with Crippen LogP contribution in [0.1, 0.15) is 10.4 Å². The minimum atomic E-state index is -1.02. The van der Waals surface area contributed by atoms with Crippen LogP contribution in [0.15, 0.2) is 36.4 Å². The lowest BCUT2D eigenvalue weighted by Crippen LogP contribution is -2.02. The molecule has 21 heavy (non-hydrogen) atoms. The molecule has 6 nitrogen and oxygen atoms in total. The Balaban J connectivity index is 2.32. The van der Waals surface area contributed by atoms with Gasteiger partial charge in [-0.05, 0) is 30.3 Å². The number of anilines is 3.